The van der Waals surface area contributed by atoms with Crippen LogP contribution in [0, 0.1) is 17.7 Å². The summed E-state index contributed by atoms with van der Waals surface area (Å²) in [5, 5.41) is 11.0. The van der Waals surface area contributed by atoms with Gasteiger partial charge >= 0.3 is 5.56 Å². The fourth-order valence-electron chi connectivity index (χ4n) is 4.75. The number of hydrogen-bond acceptors (Lipinski definition) is 6. The van der Waals surface area contributed by atoms with Crippen LogP contribution in [-0.4, -0.2) is 47.9 Å². The van der Waals surface area contributed by atoms with Gasteiger partial charge in [0.2, 0.25) is 17.4 Å². The minimum absolute atomic E-state index is 0.0267. The van der Waals surface area contributed by atoms with E-state index in [0.717, 1.165) is 30.0 Å². The maximum absolute atomic E-state index is 13.2. The van der Waals surface area contributed by atoms with Crippen molar-refractivity contribution in [3.63, 3.8) is 0 Å². The highest BCUT2D eigenvalue weighted by molar-refractivity contribution is 7.15. The lowest BCUT2D eigenvalue weighted by molar-refractivity contribution is -0.134. The number of fused-ring (bicyclic) bond motifs is 1. The van der Waals surface area contributed by atoms with E-state index >= 15 is 0 Å². The van der Waals surface area contributed by atoms with E-state index in [0.29, 0.717) is 23.3 Å². The third-order valence-corrected chi connectivity index (χ3v) is 7.30. The van der Waals surface area contributed by atoms with Crippen LogP contribution in [0.25, 0.3) is 16.5 Å². The smallest absolute Gasteiger partial charge is 0.302 e. The molecule has 0 saturated carbocycles. The number of aromatic nitrogens is 4. The Kier molecular flexibility index (Phi) is 6.14. The highest BCUT2D eigenvalue weighted by atomic mass is 32.1. The summed E-state index contributed by atoms with van der Waals surface area (Å²) >= 11 is 1.30. The van der Waals surface area contributed by atoms with Crippen LogP contribution in [0.1, 0.15) is 30.7 Å². The number of hydrogen-bond donors (Lipinski definition) is 1. The van der Waals surface area contributed by atoms with Gasteiger partial charge in [0.25, 0.3) is 0 Å². The summed E-state index contributed by atoms with van der Waals surface area (Å²) in [5.74, 6) is 0.343. The molecule has 2 unspecified atom stereocenters. The molecule has 4 aromatic rings. The monoisotopic (exact) mass is 495 g/mol. The number of carbonyl (C=O) groups excluding carboxylic acids is 1. The number of imidazole rings is 1. The van der Waals surface area contributed by atoms with Crippen molar-refractivity contribution in [3.05, 3.63) is 69.5 Å². The minimum atomic E-state index is -0.619. The van der Waals surface area contributed by atoms with E-state index in [1.165, 1.54) is 34.1 Å². The van der Waals surface area contributed by atoms with E-state index in [9.17, 15) is 19.1 Å². The van der Waals surface area contributed by atoms with E-state index in [4.69, 9.17) is 0 Å². The molecular weight excluding hydrogens is 469 g/mol. The molecule has 3 aromatic heterocycles. The molecule has 1 amide bonds. The molecule has 2 atom stereocenters. The highest BCUT2D eigenvalue weighted by Crippen LogP contribution is 2.30. The molecule has 1 fully saturated rings. The Bertz CT molecular complexity index is 1430. The summed E-state index contributed by atoms with van der Waals surface area (Å²) in [7, 11) is 0. The first-order valence-electron chi connectivity index (χ1n) is 11.6. The van der Waals surface area contributed by atoms with Crippen LogP contribution in [0.15, 0.2) is 47.7 Å². The molecule has 1 aromatic carbocycles. The predicted octanol–water partition coefficient (Wildman–Crippen LogP) is 3.56. The Balaban J connectivity index is 1.43. The first kappa shape index (κ1) is 23.2. The number of nitrogens with zero attached hydrogens (tertiary/aromatic N) is 5. The zero-order valence-electron chi connectivity index (χ0n) is 19.5. The molecule has 35 heavy (non-hydrogen) atoms. The van der Waals surface area contributed by atoms with Gasteiger partial charge in [-0.3, -0.25) is 9.59 Å². The van der Waals surface area contributed by atoms with Gasteiger partial charge in [-0.05, 0) is 36.0 Å². The Morgan fingerprint density at radius 3 is 2.60 bits per heavy atom. The SMILES string of the molecule is CC1CC(C)CN(C(=O)Cn2ccn3c(=O)c(O)c(-c4ncc(Cc5ccc(F)cc5)s4)nc23)C1. The van der Waals surface area contributed by atoms with E-state index < -0.39 is 11.3 Å². The number of thiazole rings is 1. The summed E-state index contributed by atoms with van der Waals surface area (Å²) in [6, 6.07) is 6.22. The zero-order chi connectivity index (χ0) is 24.7. The molecule has 0 aliphatic carbocycles. The molecular formula is C25H26FN5O3S. The molecule has 0 radical (unpaired) electrons. The molecule has 1 aliphatic heterocycles. The Morgan fingerprint density at radius 2 is 1.89 bits per heavy atom. The normalized spacial score (nSPS) is 18.3. The molecule has 182 valence electrons. The van der Waals surface area contributed by atoms with E-state index in [-0.39, 0.29) is 29.7 Å². The zero-order valence-corrected chi connectivity index (χ0v) is 20.3. The molecule has 5 rings (SSSR count). The van der Waals surface area contributed by atoms with Crippen molar-refractivity contribution in [2.45, 2.75) is 33.2 Å². The average Bonchev–Trinajstić information content (AvgIpc) is 3.44. The van der Waals surface area contributed by atoms with Crippen molar-refractivity contribution in [3.8, 4) is 16.5 Å². The van der Waals surface area contributed by atoms with Crippen molar-refractivity contribution >= 4 is 23.0 Å². The quantitative estimate of drug-likeness (QED) is 0.457. The average molecular weight is 496 g/mol. The second kappa shape index (κ2) is 9.26. The summed E-state index contributed by atoms with van der Waals surface area (Å²) in [5.41, 5.74) is 0.382. The van der Waals surface area contributed by atoms with Gasteiger partial charge in [-0.15, -0.1) is 11.3 Å². The third-order valence-electron chi connectivity index (χ3n) is 6.30. The van der Waals surface area contributed by atoms with Crippen LogP contribution < -0.4 is 5.56 Å². The molecule has 4 heterocycles. The van der Waals surface area contributed by atoms with E-state index in [1.807, 2.05) is 4.90 Å². The molecule has 10 heteroatoms. The van der Waals surface area contributed by atoms with Crippen LogP contribution in [0.2, 0.25) is 0 Å². The predicted molar refractivity (Wildman–Crippen MR) is 131 cm³/mol. The highest BCUT2D eigenvalue weighted by Gasteiger charge is 2.26. The first-order valence-corrected chi connectivity index (χ1v) is 12.4. The number of carbonyl (C=O) groups is 1. The maximum Gasteiger partial charge on any atom is 0.302 e. The first-order chi connectivity index (χ1) is 16.8. The maximum atomic E-state index is 13.2. The third kappa shape index (κ3) is 4.70. The number of rotatable bonds is 5. The summed E-state index contributed by atoms with van der Waals surface area (Å²) in [6.45, 7) is 5.79. The van der Waals surface area contributed by atoms with Crippen LogP contribution >= 0.6 is 11.3 Å². The largest absolute Gasteiger partial charge is 0.501 e. The van der Waals surface area contributed by atoms with Gasteiger partial charge in [-0.25, -0.2) is 18.8 Å². The molecule has 8 nitrogen and oxygen atoms in total. The van der Waals surface area contributed by atoms with Gasteiger partial charge in [0.1, 0.15) is 17.4 Å². The van der Waals surface area contributed by atoms with Gasteiger partial charge in [0.05, 0.1) is 0 Å². The number of benzene rings is 1. The van der Waals surface area contributed by atoms with Crippen molar-refractivity contribution in [1.82, 2.24) is 23.8 Å². The van der Waals surface area contributed by atoms with Crippen molar-refractivity contribution in [2.24, 2.45) is 11.8 Å². The second-order valence-corrected chi connectivity index (χ2v) is 10.5. The van der Waals surface area contributed by atoms with Gasteiger partial charge in [0.15, 0.2) is 5.69 Å². The van der Waals surface area contributed by atoms with Crippen LogP contribution in [0.3, 0.4) is 0 Å². The van der Waals surface area contributed by atoms with Crippen molar-refractivity contribution in [2.75, 3.05) is 13.1 Å². The Morgan fingerprint density at radius 1 is 1.17 bits per heavy atom. The number of amides is 1. The second-order valence-electron chi connectivity index (χ2n) is 9.39. The molecule has 1 N–H and O–H groups in total. The van der Waals surface area contributed by atoms with Crippen molar-refractivity contribution in [1.29, 1.82) is 0 Å². The summed E-state index contributed by atoms with van der Waals surface area (Å²) < 4.78 is 16.0. The topological polar surface area (TPSA) is 92.7 Å². The Hall–Kier alpha value is -3.53. The van der Waals surface area contributed by atoms with E-state index in [1.54, 1.807) is 29.1 Å². The number of likely N-dealkylation sites (tertiary alicyclic amines) is 1. The van der Waals surface area contributed by atoms with Gasteiger partial charge in [0, 0.05) is 43.0 Å². The van der Waals surface area contributed by atoms with Gasteiger partial charge < -0.3 is 14.6 Å². The Labute approximate surface area is 205 Å². The molecule has 0 spiro atoms. The number of aromatic hydroxyl groups is 1. The van der Waals surface area contributed by atoms with Gasteiger partial charge in [-0.2, -0.15) is 0 Å². The van der Waals surface area contributed by atoms with Crippen LogP contribution in [-0.2, 0) is 17.8 Å². The lowest BCUT2D eigenvalue weighted by Crippen LogP contribution is -2.44. The lowest BCUT2D eigenvalue weighted by atomic mass is 9.92. The molecule has 0 bridgehead atoms. The minimum Gasteiger partial charge on any atom is -0.501 e. The fraction of sp³-hybridized carbons (Fsp3) is 0.360. The van der Waals surface area contributed by atoms with Crippen LogP contribution in [0.5, 0.6) is 5.75 Å². The number of halogens is 1. The molecule has 1 saturated heterocycles. The lowest BCUT2D eigenvalue weighted by Gasteiger charge is -2.35. The molecule has 1 aliphatic rings. The van der Waals surface area contributed by atoms with Crippen LogP contribution in [0.4, 0.5) is 4.39 Å². The van der Waals surface area contributed by atoms with Crippen molar-refractivity contribution < 1.29 is 14.3 Å². The van der Waals surface area contributed by atoms with E-state index in [2.05, 4.69) is 23.8 Å². The fourth-order valence-corrected chi connectivity index (χ4v) is 5.69. The standard InChI is InChI=1S/C25H26FN5O3S/c1-15-9-16(2)13-30(12-15)20(32)14-29-7-8-31-24(34)22(33)21(28-25(29)31)23-27-11-19(35-23)10-17-3-5-18(26)6-4-17/h3-8,11,15-16,33H,9-10,12-14H2,1-2H3. The summed E-state index contributed by atoms with van der Waals surface area (Å²) in [4.78, 5) is 37.5. The summed E-state index contributed by atoms with van der Waals surface area (Å²) in [6.07, 6.45) is 6.44. The van der Waals surface area contributed by atoms with Gasteiger partial charge in [-0.1, -0.05) is 26.0 Å². The number of piperidine rings is 1.